The highest BCUT2D eigenvalue weighted by Gasteiger charge is 2.09. The fourth-order valence-corrected chi connectivity index (χ4v) is 1.87. The molecule has 0 atom stereocenters. The standard InChI is InChI=1S/C16H17NO/c1-11(2)13-4-6-14(7-5-13)16(18)15-8-12(3)9-17-10-15/h4-11H,1-3H3. The Morgan fingerprint density at radius 3 is 2.28 bits per heavy atom. The lowest BCUT2D eigenvalue weighted by molar-refractivity contribution is 0.103. The third kappa shape index (κ3) is 2.65. The molecule has 92 valence electrons. The molecule has 2 aromatic rings. The van der Waals surface area contributed by atoms with E-state index in [0.717, 1.165) is 5.56 Å². The molecule has 1 heterocycles. The third-order valence-corrected chi connectivity index (χ3v) is 2.98. The molecule has 0 N–H and O–H groups in total. The van der Waals surface area contributed by atoms with Crippen LogP contribution >= 0.6 is 0 Å². The summed E-state index contributed by atoms with van der Waals surface area (Å²) < 4.78 is 0. The molecular weight excluding hydrogens is 222 g/mol. The first-order chi connectivity index (χ1) is 8.58. The molecule has 0 spiro atoms. The van der Waals surface area contributed by atoms with Gasteiger partial charge in [0.15, 0.2) is 5.78 Å². The van der Waals surface area contributed by atoms with E-state index in [1.807, 2.05) is 37.3 Å². The van der Waals surface area contributed by atoms with Gasteiger partial charge in [-0.15, -0.1) is 0 Å². The van der Waals surface area contributed by atoms with Gasteiger partial charge in [0.1, 0.15) is 0 Å². The Hall–Kier alpha value is -1.96. The van der Waals surface area contributed by atoms with Crippen molar-refractivity contribution in [3.63, 3.8) is 0 Å². The van der Waals surface area contributed by atoms with Crippen molar-refractivity contribution >= 4 is 5.78 Å². The molecule has 0 amide bonds. The third-order valence-electron chi connectivity index (χ3n) is 2.98. The van der Waals surface area contributed by atoms with Gasteiger partial charge in [-0.1, -0.05) is 38.1 Å². The Balaban J connectivity index is 2.29. The number of pyridine rings is 1. The molecule has 1 aromatic carbocycles. The quantitative estimate of drug-likeness (QED) is 0.764. The monoisotopic (exact) mass is 239 g/mol. The van der Waals surface area contributed by atoms with E-state index in [0.29, 0.717) is 17.0 Å². The lowest BCUT2D eigenvalue weighted by atomic mass is 9.98. The van der Waals surface area contributed by atoms with Crippen LogP contribution in [0.3, 0.4) is 0 Å². The number of benzene rings is 1. The zero-order valence-corrected chi connectivity index (χ0v) is 11.0. The van der Waals surface area contributed by atoms with Gasteiger partial charge in [0.05, 0.1) is 0 Å². The minimum atomic E-state index is 0.0292. The molecule has 18 heavy (non-hydrogen) atoms. The first kappa shape index (κ1) is 12.5. The molecule has 0 aliphatic rings. The number of hydrogen-bond acceptors (Lipinski definition) is 2. The van der Waals surface area contributed by atoms with Gasteiger partial charge >= 0.3 is 0 Å². The SMILES string of the molecule is Cc1cncc(C(=O)c2ccc(C(C)C)cc2)c1. The second-order valence-electron chi connectivity index (χ2n) is 4.86. The summed E-state index contributed by atoms with van der Waals surface area (Å²) in [5.41, 5.74) is 3.60. The van der Waals surface area contributed by atoms with E-state index >= 15 is 0 Å². The second kappa shape index (κ2) is 5.13. The highest BCUT2D eigenvalue weighted by Crippen LogP contribution is 2.16. The van der Waals surface area contributed by atoms with Crippen LogP contribution in [-0.2, 0) is 0 Å². The molecule has 1 aromatic heterocycles. The number of aryl methyl sites for hydroxylation is 1. The fraction of sp³-hybridized carbons (Fsp3) is 0.250. The van der Waals surface area contributed by atoms with Crippen LogP contribution < -0.4 is 0 Å². The summed E-state index contributed by atoms with van der Waals surface area (Å²) in [6, 6.07) is 9.67. The average Bonchev–Trinajstić information content (AvgIpc) is 2.38. The van der Waals surface area contributed by atoms with Crippen molar-refractivity contribution in [3.05, 3.63) is 65.0 Å². The van der Waals surface area contributed by atoms with Gasteiger partial charge in [-0.3, -0.25) is 9.78 Å². The minimum Gasteiger partial charge on any atom is -0.289 e. The Morgan fingerprint density at radius 2 is 1.72 bits per heavy atom. The maximum absolute atomic E-state index is 12.2. The van der Waals surface area contributed by atoms with Gasteiger partial charge in [0.25, 0.3) is 0 Å². The molecule has 0 fully saturated rings. The predicted octanol–water partition coefficient (Wildman–Crippen LogP) is 3.74. The normalized spacial score (nSPS) is 10.7. The minimum absolute atomic E-state index is 0.0292. The lowest BCUT2D eigenvalue weighted by Crippen LogP contribution is -2.02. The highest BCUT2D eigenvalue weighted by molar-refractivity contribution is 6.08. The van der Waals surface area contributed by atoms with Crippen molar-refractivity contribution in [3.8, 4) is 0 Å². The molecule has 0 aliphatic heterocycles. The summed E-state index contributed by atoms with van der Waals surface area (Å²) >= 11 is 0. The summed E-state index contributed by atoms with van der Waals surface area (Å²) in [7, 11) is 0. The van der Waals surface area contributed by atoms with E-state index in [4.69, 9.17) is 0 Å². The van der Waals surface area contributed by atoms with Crippen molar-refractivity contribution in [2.45, 2.75) is 26.7 Å². The molecule has 0 saturated heterocycles. The van der Waals surface area contributed by atoms with Crippen LogP contribution in [0.15, 0.2) is 42.7 Å². The van der Waals surface area contributed by atoms with Gasteiger partial charge < -0.3 is 0 Å². The van der Waals surface area contributed by atoms with Crippen molar-refractivity contribution in [1.82, 2.24) is 4.98 Å². The van der Waals surface area contributed by atoms with Gasteiger partial charge in [-0.05, 0) is 30.0 Å². The van der Waals surface area contributed by atoms with Gasteiger partial charge in [0, 0.05) is 23.5 Å². The first-order valence-corrected chi connectivity index (χ1v) is 6.14. The number of carbonyl (C=O) groups is 1. The number of hydrogen-bond donors (Lipinski definition) is 0. The predicted molar refractivity (Wildman–Crippen MR) is 72.9 cm³/mol. The molecule has 2 heteroatoms. The number of ketones is 1. The van der Waals surface area contributed by atoms with Crippen LogP contribution in [0.1, 0.15) is 46.8 Å². The second-order valence-corrected chi connectivity index (χ2v) is 4.86. The van der Waals surface area contributed by atoms with E-state index in [-0.39, 0.29) is 5.78 Å². The lowest BCUT2D eigenvalue weighted by Gasteiger charge is -2.06. The Kier molecular flexibility index (Phi) is 3.56. The van der Waals surface area contributed by atoms with E-state index in [1.165, 1.54) is 5.56 Å². The zero-order valence-electron chi connectivity index (χ0n) is 11.0. The molecule has 2 nitrogen and oxygen atoms in total. The summed E-state index contributed by atoms with van der Waals surface area (Å²) in [4.78, 5) is 16.3. The zero-order chi connectivity index (χ0) is 13.1. The van der Waals surface area contributed by atoms with Crippen LogP contribution in [-0.4, -0.2) is 10.8 Å². The molecule has 0 radical (unpaired) electrons. The molecule has 2 rings (SSSR count). The summed E-state index contributed by atoms with van der Waals surface area (Å²) in [5.74, 6) is 0.510. The van der Waals surface area contributed by atoms with Crippen LogP contribution in [0.4, 0.5) is 0 Å². The molecule has 0 bridgehead atoms. The maximum atomic E-state index is 12.2. The average molecular weight is 239 g/mol. The molecule has 0 aliphatic carbocycles. The topological polar surface area (TPSA) is 30.0 Å². The Morgan fingerprint density at radius 1 is 1.06 bits per heavy atom. The number of rotatable bonds is 3. The van der Waals surface area contributed by atoms with E-state index < -0.39 is 0 Å². The fourth-order valence-electron chi connectivity index (χ4n) is 1.87. The smallest absolute Gasteiger partial charge is 0.194 e. The van der Waals surface area contributed by atoms with Gasteiger partial charge in [0.2, 0.25) is 0 Å². The van der Waals surface area contributed by atoms with E-state index in [9.17, 15) is 4.79 Å². The Labute approximate surface area is 108 Å². The van der Waals surface area contributed by atoms with Gasteiger partial charge in [-0.2, -0.15) is 0 Å². The Bertz CT molecular complexity index is 556. The molecular formula is C16H17NO. The summed E-state index contributed by atoms with van der Waals surface area (Å²) in [5, 5.41) is 0. The number of carbonyl (C=O) groups excluding carboxylic acids is 1. The van der Waals surface area contributed by atoms with Crippen LogP contribution in [0.5, 0.6) is 0 Å². The highest BCUT2D eigenvalue weighted by atomic mass is 16.1. The van der Waals surface area contributed by atoms with Crippen molar-refractivity contribution in [2.24, 2.45) is 0 Å². The van der Waals surface area contributed by atoms with Gasteiger partial charge in [-0.25, -0.2) is 0 Å². The molecule has 0 unspecified atom stereocenters. The maximum Gasteiger partial charge on any atom is 0.194 e. The van der Waals surface area contributed by atoms with E-state index in [1.54, 1.807) is 12.4 Å². The van der Waals surface area contributed by atoms with Crippen LogP contribution in [0, 0.1) is 6.92 Å². The van der Waals surface area contributed by atoms with Crippen molar-refractivity contribution in [2.75, 3.05) is 0 Å². The largest absolute Gasteiger partial charge is 0.289 e. The summed E-state index contributed by atoms with van der Waals surface area (Å²) in [6.07, 6.45) is 3.37. The number of nitrogens with zero attached hydrogens (tertiary/aromatic N) is 1. The first-order valence-electron chi connectivity index (χ1n) is 6.14. The number of aromatic nitrogens is 1. The van der Waals surface area contributed by atoms with Crippen molar-refractivity contribution < 1.29 is 4.79 Å². The van der Waals surface area contributed by atoms with Crippen LogP contribution in [0.25, 0.3) is 0 Å². The van der Waals surface area contributed by atoms with Crippen LogP contribution in [0.2, 0.25) is 0 Å². The molecule has 0 saturated carbocycles. The van der Waals surface area contributed by atoms with E-state index in [2.05, 4.69) is 18.8 Å². The van der Waals surface area contributed by atoms with Crippen molar-refractivity contribution in [1.29, 1.82) is 0 Å². The summed E-state index contributed by atoms with van der Waals surface area (Å²) in [6.45, 7) is 6.22.